The zero-order chi connectivity index (χ0) is 27.7. The van der Waals surface area contributed by atoms with Gasteiger partial charge >= 0.3 is 11.9 Å². The number of carboxylic acid groups (broad SMARTS) is 2. The van der Waals surface area contributed by atoms with Crippen LogP contribution in [0, 0.1) is 0 Å². The number of nitrogens with one attached hydrogen (secondary N) is 3. The van der Waals surface area contributed by atoms with Gasteiger partial charge in [-0.3, -0.25) is 24.2 Å². The van der Waals surface area contributed by atoms with Gasteiger partial charge in [-0.1, -0.05) is 0 Å². The molecule has 0 aliphatic heterocycles. The summed E-state index contributed by atoms with van der Waals surface area (Å²) in [5, 5.41) is 25.7. The summed E-state index contributed by atoms with van der Waals surface area (Å²) in [6.45, 7) is 0.502. The summed E-state index contributed by atoms with van der Waals surface area (Å²) in [5.41, 5.74) is 21.6. The molecule has 4 unspecified atom stereocenters. The molecule has 0 aromatic heterocycles. The van der Waals surface area contributed by atoms with Crippen molar-refractivity contribution in [3.8, 4) is 0 Å². The number of rotatable bonds is 19. The molecule has 0 bridgehead atoms. The van der Waals surface area contributed by atoms with Gasteiger partial charge in [-0.05, 0) is 45.1 Å². The van der Waals surface area contributed by atoms with Crippen molar-refractivity contribution in [3.63, 3.8) is 0 Å². The van der Waals surface area contributed by atoms with Crippen molar-refractivity contribution in [3.05, 3.63) is 0 Å². The molecular formula is C20H38N8O7S. The fourth-order valence-electron chi connectivity index (χ4n) is 2.97. The molecule has 0 radical (unpaired) electrons. The van der Waals surface area contributed by atoms with Crippen LogP contribution in [0.15, 0.2) is 4.99 Å². The van der Waals surface area contributed by atoms with Crippen molar-refractivity contribution >= 4 is 48.2 Å². The van der Waals surface area contributed by atoms with E-state index in [1.165, 1.54) is 0 Å². The normalized spacial score (nSPS) is 14.0. The van der Waals surface area contributed by atoms with E-state index in [2.05, 4.69) is 33.6 Å². The molecule has 3 amide bonds. The Hall–Kier alpha value is -3.11. The Morgan fingerprint density at radius 1 is 0.806 bits per heavy atom. The van der Waals surface area contributed by atoms with E-state index in [4.69, 9.17) is 28.0 Å². The largest absolute Gasteiger partial charge is 0.481 e. The van der Waals surface area contributed by atoms with Gasteiger partial charge in [0.25, 0.3) is 0 Å². The first-order valence-corrected chi connectivity index (χ1v) is 12.0. The van der Waals surface area contributed by atoms with Gasteiger partial charge < -0.3 is 49.1 Å². The third kappa shape index (κ3) is 14.3. The van der Waals surface area contributed by atoms with Crippen LogP contribution in [-0.4, -0.2) is 88.8 Å². The molecule has 15 nitrogen and oxygen atoms in total. The standard InChI is InChI=1S/C20H38N8O7S/c21-8-2-1-4-12(17(32)28-14(19(34)35)5-3-9-25-20(23)24)27-18(33)13(6-7-15(29)30)26-16(31)11(22)10-36/h11-14,36H,1-10,21-22H2,(H,26,31)(H,27,33)(H,28,32)(H,29,30)(H,34,35)(H4,23,24,25). The van der Waals surface area contributed by atoms with Crippen LogP contribution in [0.3, 0.4) is 0 Å². The number of carboxylic acids is 2. The lowest BCUT2D eigenvalue weighted by molar-refractivity contribution is -0.142. The lowest BCUT2D eigenvalue weighted by atomic mass is 10.0. The van der Waals surface area contributed by atoms with Gasteiger partial charge in [0, 0.05) is 18.7 Å². The summed E-state index contributed by atoms with van der Waals surface area (Å²) in [4.78, 5) is 64.3. The average molecular weight is 535 g/mol. The Kier molecular flexibility index (Phi) is 16.6. The summed E-state index contributed by atoms with van der Waals surface area (Å²) in [7, 11) is 0. The van der Waals surface area contributed by atoms with Crippen LogP contribution in [0.5, 0.6) is 0 Å². The first-order chi connectivity index (χ1) is 16.9. The number of amides is 3. The van der Waals surface area contributed by atoms with E-state index in [1.807, 2.05) is 0 Å². The first-order valence-electron chi connectivity index (χ1n) is 11.4. The highest BCUT2D eigenvalue weighted by Crippen LogP contribution is 2.07. The summed E-state index contributed by atoms with van der Waals surface area (Å²) >= 11 is 3.92. The lowest BCUT2D eigenvalue weighted by Crippen LogP contribution is -2.57. The van der Waals surface area contributed by atoms with Crippen molar-refractivity contribution in [2.75, 3.05) is 18.8 Å². The molecule has 0 fully saturated rings. The van der Waals surface area contributed by atoms with E-state index >= 15 is 0 Å². The maximum Gasteiger partial charge on any atom is 0.326 e. The second-order valence-electron chi connectivity index (χ2n) is 7.98. The number of guanidine groups is 1. The van der Waals surface area contributed by atoms with Crippen molar-refractivity contribution in [2.24, 2.45) is 27.9 Å². The fourth-order valence-corrected chi connectivity index (χ4v) is 3.13. The summed E-state index contributed by atoms with van der Waals surface area (Å²) in [6, 6.07) is -4.76. The number of thiol groups is 1. The second-order valence-corrected chi connectivity index (χ2v) is 8.34. The maximum atomic E-state index is 12.9. The second kappa shape index (κ2) is 18.2. The van der Waals surface area contributed by atoms with Crippen molar-refractivity contribution in [1.82, 2.24) is 16.0 Å². The Bertz CT molecular complexity index is 779. The monoisotopic (exact) mass is 534 g/mol. The molecule has 13 N–H and O–H groups in total. The predicted molar refractivity (Wildman–Crippen MR) is 135 cm³/mol. The zero-order valence-electron chi connectivity index (χ0n) is 20.0. The smallest absolute Gasteiger partial charge is 0.326 e. The molecule has 0 saturated heterocycles. The Balaban J connectivity index is 5.49. The number of hydrogen-bond acceptors (Lipinski definition) is 9. The van der Waals surface area contributed by atoms with E-state index in [-0.39, 0.29) is 43.9 Å². The number of hydrogen-bond donors (Lipinski definition) is 10. The Morgan fingerprint density at radius 2 is 1.33 bits per heavy atom. The van der Waals surface area contributed by atoms with Gasteiger partial charge in [-0.15, -0.1) is 0 Å². The van der Waals surface area contributed by atoms with Crippen LogP contribution in [0.25, 0.3) is 0 Å². The minimum absolute atomic E-state index is 0.0109. The fraction of sp³-hybridized carbons (Fsp3) is 0.700. The molecule has 16 heteroatoms. The van der Waals surface area contributed by atoms with Crippen molar-refractivity contribution < 1.29 is 34.2 Å². The maximum absolute atomic E-state index is 12.9. The number of unbranched alkanes of at least 4 members (excludes halogenated alkanes) is 1. The zero-order valence-corrected chi connectivity index (χ0v) is 20.9. The average Bonchev–Trinajstić information content (AvgIpc) is 2.81. The van der Waals surface area contributed by atoms with Gasteiger partial charge in [-0.2, -0.15) is 12.6 Å². The topological polar surface area (TPSA) is 278 Å². The van der Waals surface area contributed by atoms with Crippen LogP contribution >= 0.6 is 12.6 Å². The van der Waals surface area contributed by atoms with Gasteiger partial charge in [0.1, 0.15) is 18.1 Å². The Morgan fingerprint density at radius 3 is 1.83 bits per heavy atom. The van der Waals surface area contributed by atoms with Gasteiger partial charge in [0.15, 0.2) is 5.96 Å². The summed E-state index contributed by atoms with van der Waals surface area (Å²) in [6.07, 6.45) is 0.713. The first kappa shape index (κ1) is 32.9. The number of nitrogens with two attached hydrogens (primary N) is 4. The van der Waals surface area contributed by atoms with Crippen molar-refractivity contribution in [1.29, 1.82) is 0 Å². The lowest BCUT2D eigenvalue weighted by Gasteiger charge is -2.25. The molecule has 0 aliphatic carbocycles. The molecule has 0 aromatic rings. The number of nitrogens with zero attached hydrogens (tertiary/aromatic N) is 1. The highest BCUT2D eigenvalue weighted by molar-refractivity contribution is 7.80. The van der Waals surface area contributed by atoms with Crippen LogP contribution in [0.2, 0.25) is 0 Å². The SMILES string of the molecule is NCCCCC(NC(=O)C(CCC(=O)O)NC(=O)C(N)CS)C(=O)NC(CCCN=C(N)N)C(=O)O. The van der Waals surface area contributed by atoms with Crippen LogP contribution in [-0.2, 0) is 24.0 Å². The molecule has 0 saturated carbocycles. The molecule has 0 aromatic carbocycles. The van der Waals surface area contributed by atoms with Crippen LogP contribution < -0.4 is 38.9 Å². The highest BCUT2D eigenvalue weighted by Gasteiger charge is 2.30. The molecule has 4 atom stereocenters. The van der Waals surface area contributed by atoms with E-state index < -0.39 is 60.2 Å². The summed E-state index contributed by atoms with van der Waals surface area (Å²) < 4.78 is 0. The highest BCUT2D eigenvalue weighted by atomic mass is 32.1. The third-order valence-electron chi connectivity index (χ3n) is 4.95. The van der Waals surface area contributed by atoms with Crippen LogP contribution in [0.4, 0.5) is 0 Å². The molecule has 36 heavy (non-hydrogen) atoms. The van der Waals surface area contributed by atoms with Crippen LogP contribution in [0.1, 0.15) is 44.9 Å². The van der Waals surface area contributed by atoms with Crippen molar-refractivity contribution in [2.45, 2.75) is 69.1 Å². The van der Waals surface area contributed by atoms with E-state index in [0.29, 0.717) is 19.4 Å². The van der Waals surface area contributed by atoms with Gasteiger partial charge in [-0.25, -0.2) is 4.79 Å². The number of carbonyl (C=O) groups is 5. The van der Waals surface area contributed by atoms with E-state index in [1.54, 1.807) is 0 Å². The third-order valence-corrected chi connectivity index (χ3v) is 5.35. The predicted octanol–water partition coefficient (Wildman–Crippen LogP) is -3.17. The molecular weight excluding hydrogens is 496 g/mol. The number of aliphatic carboxylic acids is 2. The van der Waals surface area contributed by atoms with E-state index in [0.717, 1.165) is 0 Å². The quantitative estimate of drug-likeness (QED) is 0.0341. The molecule has 0 heterocycles. The number of carbonyl (C=O) groups excluding carboxylic acids is 3. The minimum Gasteiger partial charge on any atom is -0.481 e. The van der Waals surface area contributed by atoms with E-state index in [9.17, 15) is 29.1 Å². The summed E-state index contributed by atoms with van der Waals surface area (Å²) in [5.74, 6) is -4.92. The Labute approximate surface area is 214 Å². The molecule has 0 aliphatic rings. The molecule has 0 spiro atoms. The molecule has 0 rings (SSSR count). The van der Waals surface area contributed by atoms with Gasteiger partial charge in [0.2, 0.25) is 17.7 Å². The minimum atomic E-state index is -1.29. The number of aliphatic imine (C=N–C) groups is 1. The molecule has 206 valence electrons. The van der Waals surface area contributed by atoms with Gasteiger partial charge in [0.05, 0.1) is 6.04 Å².